The van der Waals surface area contributed by atoms with E-state index in [0.29, 0.717) is 25.5 Å². The van der Waals surface area contributed by atoms with Gasteiger partial charge in [-0.3, -0.25) is 5.10 Å². The highest BCUT2D eigenvalue weighted by Crippen LogP contribution is 2.29. The SMILES string of the molecule is CCOC(=O)N1CC[C@@H](c2cc(-c3cnc(-c4ccccc4)nc3)n[nH]2)C1. The first-order chi connectivity index (χ1) is 13.2. The Hall–Kier alpha value is -3.22. The molecule has 0 unspecified atom stereocenters. The second kappa shape index (κ2) is 7.57. The topological polar surface area (TPSA) is 84.0 Å². The molecule has 7 heteroatoms. The summed E-state index contributed by atoms with van der Waals surface area (Å²) in [6, 6.07) is 11.9. The highest BCUT2D eigenvalue weighted by atomic mass is 16.6. The minimum Gasteiger partial charge on any atom is -0.450 e. The lowest BCUT2D eigenvalue weighted by molar-refractivity contribution is 0.115. The number of carbonyl (C=O) groups excluding carboxylic acids is 1. The van der Waals surface area contributed by atoms with E-state index in [1.807, 2.05) is 43.3 Å². The van der Waals surface area contributed by atoms with E-state index in [1.165, 1.54) is 0 Å². The zero-order valence-corrected chi connectivity index (χ0v) is 15.1. The molecular formula is C20H21N5O2. The zero-order chi connectivity index (χ0) is 18.6. The van der Waals surface area contributed by atoms with Gasteiger partial charge in [-0.1, -0.05) is 30.3 Å². The van der Waals surface area contributed by atoms with Crippen molar-refractivity contribution in [3.05, 3.63) is 54.5 Å². The molecule has 7 nitrogen and oxygen atoms in total. The Balaban J connectivity index is 1.46. The van der Waals surface area contributed by atoms with Crippen molar-refractivity contribution in [1.82, 2.24) is 25.1 Å². The van der Waals surface area contributed by atoms with Gasteiger partial charge in [-0.2, -0.15) is 5.10 Å². The standard InChI is InChI=1S/C20H21N5O2/c1-2-27-20(26)25-9-8-15(13-25)17-10-18(24-23-17)16-11-21-19(22-12-16)14-6-4-3-5-7-14/h3-7,10-12,15H,2,8-9,13H2,1H3,(H,23,24)/t15-/m1/s1. The fraction of sp³-hybridized carbons (Fsp3) is 0.300. The molecule has 0 bridgehead atoms. The van der Waals surface area contributed by atoms with Gasteiger partial charge in [0.05, 0.1) is 12.3 Å². The molecule has 0 radical (unpaired) electrons. The van der Waals surface area contributed by atoms with Crippen LogP contribution in [0.4, 0.5) is 4.79 Å². The van der Waals surface area contributed by atoms with Gasteiger partial charge in [0.2, 0.25) is 0 Å². The molecule has 1 amide bonds. The molecule has 1 aliphatic heterocycles. The van der Waals surface area contributed by atoms with Gasteiger partial charge in [0.1, 0.15) is 0 Å². The van der Waals surface area contributed by atoms with Crippen LogP contribution >= 0.6 is 0 Å². The van der Waals surface area contributed by atoms with Gasteiger partial charge in [-0.25, -0.2) is 14.8 Å². The second-order valence-electron chi connectivity index (χ2n) is 6.50. The third-order valence-electron chi connectivity index (χ3n) is 4.73. The second-order valence-corrected chi connectivity index (χ2v) is 6.50. The van der Waals surface area contributed by atoms with Crippen LogP contribution in [-0.4, -0.2) is 50.9 Å². The highest BCUT2D eigenvalue weighted by molar-refractivity contribution is 5.68. The van der Waals surface area contributed by atoms with Gasteiger partial charge < -0.3 is 9.64 Å². The maximum atomic E-state index is 11.9. The minimum atomic E-state index is -0.246. The molecule has 3 aromatic rings. The number of aromatic nitrogens is 4. The number of benzene rings is 1. The number of likely N-dealkylation sites (tertiary alicyclic amines) is 1. The maximum absolute atomic E-state index is 11.9. The number of carbonyl (C=O) groups is 1. The quantitative estimate of drug-likeness (QED) is 0.767. The van der Waals surface area contributed by atoms with Gasteiger partial charge in [-0.15, -0.1) is 0 Å². The number of hydrogen-bond donors (Lipinski definition) is 1. The Kier molecular flexibility index (Phi) is 4.82. The zero-order valence-electron chi connectivity index (χ0n) is 15.1. The van der Waals surface area contributed by atoms with E-state index in [1.54, 1.807) is 17.3 Å². The molecule has 4 rings (SSSR count). The summed E-state index contributed by atoms with van der Waals surface area (Å²) in [4.78, 5) is 22.5. The van der Waals surface area contributed by atoms with Crippen molar-refractivity contribution in [1.29, 1.82) is 0 Å². The van der Waals surface area contributed by atoms with Crippen molar-refractivity contribution in [2.75, 3.05) is 19.7 Å². The molecule has 1 aliphatic rings. The molecule has 1 saturated heterocycles. The van der Waals surface area contributed by atoms with Crippen LogP contribution in [-0.2, 0) is 4.74 Å². The van der Waals surface area contributed by atoms with Gasteiger partial charge in [0.25, 0.3) is 0 Å². The molecule has 1 fully saturated rings. The highest BCUT2D eigenvalue weighted by Gasteiger charge is 2.29. The fourth-order valence-electron chi connectivity index (χ4n) is 3.28. The van der Waals surface area contributed by atoms with Crippen molar-refractivity contribution < 1.29 is 9.53 Å². The summed E-state index contributed by atoms with van der Waals surface area (Å²) in [6.07, 6.45) is 4.22. The molecule has 3 heterocycles. The average molecular weight is 363 g/mol. The van der Waals surface area contributed by atoms with E-state index in [9.17, 15) is 4.79 Å². The lowest BCUT2D eigenvalue weighted by Gasteiger charge is -2.15. The maximum Gasteiger partial charge on any atom is 0.409 e. The summed E-state index contributed by atoms with van der Waals surface area (Å²) >= 11 is 0. The first-order valence-corrected chi connectivity index (χ1v) is 9.09. The molecule has 1 aromatic carbocycles. The molecule has 1 atom stereocenters. The summed E-state index contributed by atoms with van der Waals surface area (Å²) in [5, 5.41) is 7.50. The third-order valence-corrected chi connectivity index (χ3v) is 4.73. The molecule has 1 N–H and O–H groups in total. The van der Waals surface area contributed by atoms with Gasteiger partial charge in [-0.05, 0) is 19.4 Å². The van der Waals surface area contributed by atoms with Crippen molar-refractivity contribution in [2.24, 2.45) is 0 Å². The largest absolute Gasteiger partial charge is 0.450 e. The monoisotopic (exact) mass is 363 g/mol. The third kappa shape index (κ3) is 3.67. The molecule has 0 spiro atoms. The molecule has 138 valence electrons. The van der Waals surface area contributed by atoms with E-state index in [-0.39, 0.29) is 12.0 Å². The normalized spacial score (nSPS) is 16.5. The Bertz CT molecular complexity index is 908. The number of H-pyrrole nitrogens is 1. The van der Waals surface area contributed by atoms with Crippen LogP contribution < -0.4 is 0 Å². The van der Waals surface area contributed by atoms with Crippen molar-refractivity contribution in [2.45, 2.75) is 19.3 Å². The molecule has 0 saturated carbocycles. The Morgan fingerprint density at radius 1 is 1.22 bits per heavy atom. The number of hydrogen-bond acceptors (Lipinski definition) is 5. The van der Waals surface area contributed by atoms with Gasteiger partial charge in [0, 0.05) is 48.2 Å². The van der Waals surface area contributed by atoms with E-state index < -0.39 is 0 Å². The van der Waals surface area contributed by atoms with Crippen LogP contribution in [0.1, 0.15) is 25.0 Å². The summed E-state index contributed by atoms with van der Waals surface area (Å²) < 4.78 is 5.08. The van der Waals surface area contributed by atoms with Crippen LogP contribution in [0.25, 0.3) is 22.6 Å². The first-order valence-electron chi connectivity index (χ1n) is 9.09. The van der Waals surface area contributed by atoms with Crippen LogP contribution in [0.3, 0.4) is 0 Å². The number of nitrogens with one attached hydrogen (secondary N) is 1. The Morgan fingerprint density at radius 2 is 2.00 bits per heavy atom. The van der Waals surface area contributed by atoms with Gasteiger partial charge >= 0.3 is 6.09 Å². The van der Waals surface area contributed by atoms with E-state index in [4.69, 9.17) is 4.74 Å². The number of rotatable bonds is 4. The first kappa shape index (κ1) is 17.2. The van der Waals surface area contributed by atoms with Crippen LogP contribution in [0.2, 0.25) is 0 Å². The average Bonchev–Trinajstić information content (AvgIpc) is 3.39. The van der Waals surface area contributed by atoms with Gasteiger partial charge in [0.15, 0.2) is 5.82 Å². The fourth-order valence-corrected chi connectivity index (χ4v) is 3.28. The predicted octanol–water partition coefficient (Wildman–Crippen LogP) is 3.48. The van der Waals surface area contributed by atoms with Crippen molar-refractivity contribution in [3.8, 4) is 22.6 Å². The summed E-state index contributed by atoms with van der Waals surface area (Å²) in [5.41, 5.74) is 3.66. The minimum absolute atomic E-state index is 0.236. The van der Waals surface area contributed by atoms with Crippen LogP contribution in [0.5, 0.6) is 0 Å². The van der Waals surface area contributed by atoms with E-state index in [2.05, 4.69) is 20.2 Å². The number of aromatic amines is 1. The lowest BCUT2D eigenvalue weighted by atomic mass is 10.0. The van der Waals surface area contributed by atoms with Crippen molar-refractivity contribution >= 4 is 6.09 Å². The number of nitrogens with zero attached hydrogens (tertiary/aromatic N) is 4. The predicted molar refractivity (Wildman–Crippen MR) is 101 cm³/mol. The molecule has 2 aromatic heterocycles. The Labute approximate surface area is 157 Å². The molecular weight excluding hydrogens is 342 g/mol. The smallest absolute Gasteiger partial charge is 0.409 e. The summed E-state index contributed by atoms with van der Waals surface area (Å²) in [6.45, 7) is 3.56. The van der Waals surface area contributed by atoms with E-state index >= 15 is 0 Å². The molecule has 27 heavy (non-hydrogen) atoms. The lowest BCUT2D eigenvalue weighted by Crippen LogP contribution is -2.29. The van der Waals surface area contributed by atoms with Crippen LogP contribution in [0.15, 0.2) is 48.8 Å². The van der Waals surface area contributed by atoms with Crippen molar-refractivity contribution in [3.63, 3.8) is 0 Å². The van der Waals surface area contributed by atoms with E-state index in [0.717, 1.165) is 28.9 Å². The number of amides is 1. The summed E-state index contributed by atoms with van der Waals surface area (Å²) in [7, 11) is 0. The number of ether oxygens (including phenoxy) is 1. The Morgan fingerprint density at radius 3 is 2.74 bits per heavy atom. The van der Waals surface area contributed by atoms with Crippen LogP contribution in [0, 0.1) is 0 Å². The summed E-state index contributed by atoms with van der Waals surface area (Å²) in [5.74, 6) is 0.927. The molecule has 0 aliphatic carbocycles.